The van der Waals surface area contributed by atoms with Crippen LogP contribution in [0.25, 0.3) is 0 Å². The summed E-state index contributed by atoms with van der Waals surface area (Å²) in [6.45, 7) is 3.04. The van der Waals surface area contributed by atoms with Crippen molar-refractivity contribution >= 4 is 16.0 Å². The Labute approximate surface area is 154 Å². The molecule has 4 atom stereocenters. The first-order valence-corrected chi connectivity index (χ1v) is 10.7. The van der Waals surface area contributed by atoms with Crippen molar-refractivity contribution in [2.24, 2.45) is 4.40 Å². The molecule has 26 heavy (non-hydrogen) atoms. The zero-order valence-corrected chi connectivity index (χ0v) is 16.5. The van der Waals surface area contributed by atoms with Gasteiger partial charge in [-0.25, -0.2) is 8.42 Å². The third-order valence-corrected chi connectivity index (χ3v) is 5.45. The van der Waals surface area contributed by atoms with E-state index in [-0.39, 0.29) is 30.3 Å². The second-order valence-corrected chi connectivity index (χ2v) is 8.61. The summed E-state index contributed by atoms with van der Waals surface area (Å²) in [4.78, 5) is 1.92. The molecule has 2 saturated heterocycles. The van der Waals surface area contributed by atoms with Crippen molar-refractivity contribution in [2.75, 3.05) is 40.3 Å². The molecule has 3 aliphatic rings. The van der Waals surface area contributed by atoms with Crippen LogP contribution >= 0.6 is 0 Å². The second-order valence-electron chi connectivity index (χ2n) is 6.96. The van der Waals surface area contributed by atoms with E-state index in [0.29, 0.717) is 26.2 Å². The Morgan fingerprint density at radius 2 is 1.81 bits per heavy atom. The van der Waals surface area contributed by atoms with Crippen LogP contribution in [-0.4, -0.2) is 89.7 Å². The van der Waals surface area contributed by atoms with Gasteiger partial charge in [-0.3, -0.25) is 0 Å². The van der Waals surface area contributed by atoms with Crippen molar-refractivity contribution in [1.29, 1.82) is 0 Å². The summed E-state index contributed by atoms with van der Waals surface area (Å²) in [5, 5.41) is 0. The predicted octanol–water partition coefficient (Wildman–Crippen LogP) is 0.348. The minimum atomic E-state index is -3.53. The van der Waals surface area contributed by atoms with Crippen molar-refractivity contribution in [2.45, 2.75) is 56.3 Å². The van der Waals surface area contributed by atoms with Crippen molar-refractivity contribution in [3.63, 3.8) is 0 Å². The molecule has 0 amide bonds. The predicted molar refractivity (Wildman–Crippen MR) is 93.4 cm³/mol. The number of nitrogens with zero attached hydrogens (tertiary/aromatic N) is 2. The molecule has 2 heterocycles. The molecule has 2 aliphatic heterocycles. The molecule has 0 radical (unpaired) electrons. The molecule has 0 aromatic rings. The molecule has 9 nitrogen and oxygen atoms in total. The van der Waals surface area contributed by atoms with Crippen LogP contribution in [-0.2, 0) is 33.7 Å². The first-order valence-electron chi connectivity index (χ1n) is 8.87. The van der Waals surface area contributed by atoms with Crippen LogP contribution in [0.4, 0.5) is 0 Å². The Kier molecular flexibility index (Phi) is 5.78. The molecule has 10 heteroatoms. The van der Waals surface area contributed by atoms with E-state index in [1.165, 1.54) is 0 Å². The molecular formula is C16H28N2O7S. The molecule has 1 saturated carbocycles. The van der Waals surface area contributed by atoms with E-state index in [2.05, 4.69) is 4.40 Å². The van der Waals surface area contributed by atoms with Gasteiger partial charge in [-0.05, 0) is 13.3 Å². The van der Waals surface area contributed by atoms with Gasteiger partial charge in [0.05, 0.1) is 38.2 Å². The fraction of sp³-hybridized carbons (Fsp3) is 0.938. The molecule has 3 rings (SSSR count). The van der Waals surface area contributed by atoms with E-state index in [1.54, 1.807) is 21.1 Å². The van der Waals surface area contributed by atoms with E-state index >= 15 is 0 Å². The summed E-state index contributed by atoms with van der Waals surface area (Å²) in [5.74, 6) is -0.690. The summed E-state index contributed by atoms with van der Waals surface area (Å²) in [6.07, 6.45) is 2.88. The van der Waals surface area contributed by atoms with E-state index in [0.717, 1.165) is 19.1 Å². The Bertz CT molecular complexity index is 625. The number of fused-ring (bicyclic) bond motifs is 1. The van der Waals surface area contributed by atoms with Crippen LogP contribution in [0, 0.1) is 0 Å². The smallest absolute Gasteiger partial charge is 0.303 e. The maximum Gasteiger partial charge on any atom is 0.303 e. The van der Waals surface area contributed by atoms with Crippen LogP contribution in [0.2, 0.25) is 0 Å². The lowest BCUT2D eigenvalue weighted by atomic mass is 9.94. The van der Waals surface area contributed by atoms with Crippen LogP contribution in [0.3, 0.4) is 0 Å². The third-order valence-electron chi connectivity index (χ3n) is 4.96. The standard InChI is InChI=1S/C16H28N2O7S/c1-5-23-15(17-26(4,19)20)18-11-6-7-16(8-12(11)18)24-13(9-21-2)14(25-16)10-22-3/h11-14H,5-10H2,1-4H3/b17-15+/t11?,12?,13-,14-,18?/m1/s1. The quantitative estimate of drug-likeness (QED) is 0.363. The number of rotatable bonds is 6. The third kappa shape index (κ3) is 4.14. The van der Waals surface area contributed by atoms with Gasteiger partial charge < -0.3 is 28.6 Å². The lowest BCUT2D eigenvalue weighted by Gasteiger charge is -2.30. The normalized spacial score (nSPS) is 33.4. The molecule has 3 fully saturated rings. The molecule has 0 bridgehead atoms. The highest BCUT2D eigenvalue weighted by molar-refractivity contribution is 7.89. The van der Waals surface area contributed by atoms with Crippen LogP contribution < -0.4 is 0 Å². The van der Waals surface area contributed by atoms with Crippen LogP contribution in [0.5, 0.6) is 0 Å². The first-order chi connectivity index (χ1) is 12.3. The van der Waals surface area contributed by atoms with E-state index < -0.39 is 15.8 Å². The number of ether oxygens (including phenoxy) is 5. The lowest BCUT2D eigenvalue weighted by molar-refractivity contribution is -0.195. The topological polar surface area (TPSA) is 95.7 Å². The van der Waals surface area contributed by atoms with Crippen molar-refractivity contribution < 1.29 is 32.1 Å². The SMILES string of the molecule is CCO/C(=N/S(C)(=O)=O)N1C2CCC3(CC21)O[C@H](COC)[C@@H](COC)O3. The maximum absolute atomic E-state index is 11.6. The fourth-order valence-electron chi connectivity index (χ4n) is 3.95. The van der Waals surface area contributed by atoms with Gasteiger partial charge in [-0.2, -0.15) is 0 Å². The van der Waals surface area contributed by atoms with Gasteiger partial charge in [0, 0.05) is 27.1 Å². The number of hydrogen-bond acceptors (Lipinski definition) is 7. The van der Waals surface area contributed by atoms with E-state index in [9.17, 15) is 8.42 Å². The van der Waals surface area contributed by atoms with Gasteiger partial charge in [0.2, 0.25) is 0 Å². The second kappa shape index (κ2) is 7.59. The molecular weight excluding hydrogens is 364 g/mol. The number of hydrogen-bond donors (Lipinski definition) is 0. The average Bonchev–Trinajstić information content (AvgIpc) is 3.15. The van der Waals surface area contributed by atoms with Gasteiger partial charge in [0.25, 0.3) is 10.0 Å². The Balaban J connectivity index is 1.71. The average molecular weight is 392 g/mol. The molecule has 0 aromatic heterocycles. The van der Waals surface area contributed by atoms with Crippen molar-refractivity contribution in [3.8, 4) is 0 Å². The summed E-state index contributed by atoms with van der Waals surface area (Å²) in [6, 6.07) is 0.476. The van der Waals surface area contributed by atoms with Crippen molar-refractivity contribution in [1.82, 2.24) is 4.90 Å². The molecule has 1 aliphatic carbocycles. The number of amidine groups is 1. The monoisotopic (exact) mass is 392 g/mol. The Hall–Kier alpha value is -0.940. The highest BCUT2D eigenvalue weighted by atomic mass is 32.2. The van der Waals surface area contributed by atoms with Gasteiger partial charge in [0.1, 0.15) is 12.2 Å². The van der Waals surface area contributed by atoms with Gasteiger partial charge in [-0.1, -0.05) is 0 Å². The lowest BCUT2D eigenvalue weighted by Crippen LogP contribution is -2.37. The highest BCUT2D eigenvalue weighted by Crippen LogP contribution is 2.50. The van der Waals surface area contributed by atoms with Gasteiger partial charge in [-0.15, -0.1) is 4.40 Å². The number of likely N-dealkylation sites (tertiary alicyclic amines) is 1. The zero-order chi connectivity index (χ0) is 18.9. The molecule has 0 aromatic carbocycles. The van der Waals surface area contributed by atoms with Gasteiger partial charge >= 0.3 is 6.02 Å². The van der Waals surface area contributed by atoms with E-state index in [1.807, 2.05) is 4.90 Å². The van der Waals surface area contributed by atoms with Gasteiger partial charge in [0.15, 0.2) is 5.79 Å². The minimum absolute atomic E-state index is 0.0975. The summed E-state index contributed by atoms with van der Waals surface area (Å²) < 4.78 is 55.3. The molecule has 150 valence electrons. The largest absolute Gasteiger partial charge is 0.465 e. The van der Waals surface area contributed by atoms with Crippen molar-refractivity contribution in [3.05, 3.63) is 0 Å². The molecule has 1 spiro atoms. The van der Waals surface area contributed by atoms with Crippen LogP contribution in [0.1, 0.15) is 26.2 Å². The maximum atomic E-state index is 11.6. The summed E-state index contributed by atoms with van der Waals surface area (Å²) in [7, 11) is -0.262. The van der Waals surface area contributed by atoms with Crippen LogP contribution in [0.15, 0.2) is 4.40 Å². The summed E-state index contributed by atoms with van der Waals surface area (Å²) in [5.41, 5.74) is 0. The van der Waals surface area contributed by atoms with E-state index in [4.69, 9.17) is 23.7 Å². The molecule has 2 unspecified atom stereocenters. The number of methoxy groups -OCH3 is 2. The zero-order valence-electron chi connectivity index (χ0n) is 15.7. The highest BCUT2D eigenvalue weighted by Gasteiger charge is 2.62. The Morgan fingerprint density at radius 3 is 2.31 bits per heavy atom. The number of sulfonamides is 1. The fourth-order valence-corrected chi connectivity index (χ4v) is 4.38. The first kappa shape index (κ1) is 19.8. The Morgan fingerprint density at radius 1 is 1.19 bits per heavy atom. The molecule has 0 N–H and O–H groups in total. The summed E-state index contributed by atoms with van der Waals surface area (Å²) >= 11 is 0. The minimum Gasteiger partial charge on any atom is -0.465 e.